The molecule has 1 fully saturated rings. The lowest BCUT2D eigenvalue weighted by molar-refractivity contribution is -0.822. The number of nitrogens with zero attached hydrogens (tertiary/aromatic N) is 3. The van der Waals surface area contributed by atoms with E-state index in [4.69, 9.17) is 15.0 Å². The van der Waals surface area contributed by atoms with Crippen molar-refractivity contribution in [1.29, 1.82) is 0 Å². The fraction of sp³-hybridized carbons (Fsp3) is 0.357. The molecule has 4 aromatic rings. The van der Waals surface area contributed by atoms with Crippen molar-refractivity contribution in [2.45, 2.75) is 44.7 Å². The third-order valence-corrected chi connectivity index (χ3v) is 11.3. The van der Waals surface area contributed by atoms with Crippen LogP contribution < -0.4 is 19.5 Å². The molecule has 1 N–H and O–H groups in total. The molecule has 6 nitrogen and oxygen atoms in total. The van der Waals surface area contributed by atoms with Gasteiger partial charge in [-0.1, -0.05) is 18.2 Å². The first-order valence-electron chi connectivity index (χ1n) is 12.2. The van der Waals surface area contributed by atoms with Crippen LogP contribution >= 0.6 is 8.58 Å². The average Bonchev–Trinajstić information content (AvgIpc) is 3.15. The maximum Gasteiger partial charge on any atom is 0.156 e. The van der Waals surface area contributed by atoms with E-state index < -0.39 is 0 Å². The summed E-state index contributed by atoms with van der Waals surface area (Å²) in [7, 11) is 6.46. The van der Waals surface area contributed by atoms with Gasteiger partial charge < -0.3 is 29.6 Å². The maximum atomic E-state index is 5.74. The molecule has 7 heteroatoms. The first kappa shape index (κ1) is 21.5. The van der Waals surface area contributed by atoms with Crippen molar-refractivity contribution in [3.8, 4) is 11.5 Å². The predicted octanol–water partition coefficient (Wildman–Crippen LogP) is 5.34. The number of hydrogen-bond acceptors (Lipinski definition) is 3. The Hall–Kier alpha value is -2.79. The second-order valence-electron chi connectivity index (χ2n) is 10.5. The predicted molar refractivity (Wildman–Crippen MR) is 144 cm³/mol. The fourth-order valence-electron chi connectivity index (χ4n) is 6.67. The molecule has 35 heavy (non-hydrogen) atoms. The lowest BCUT2D eigenvalue weighted by Gasteiger charge is -2.39. The smallest absolute Gasteiger partial charge is 0.156 e. The zero-order chi connectivity index (χ0) is 24.4. The normalized spacial score (nSPS) is 26.6. The van der Waals surface area contributed by atoms with Gasteiger partial charge in [0.05, 0.1) is 24.9 Å². The molecule has 0 radical (unpaired) electrons. The fourth-order valence-corrected chi connectivity index (χ4v) is 8.50. The topological polar surface area (TPSA) is 45.2 Å². The van der Waals surface area contributed by atoms with E-state index in [2.05, 4.69) is 68.6 Å². The molecule has 4 unspecified atom stereocenters. The molecule has 0 saturated carbocycles. The van der Waals surface area contributed by atoms with Crippen LogP contribution in [-0.2, 0) is 18.7 Å². The number of quaternary nitrogens is 1. The number of nitrogens with one attached hydrogen (secondary N) is 1. The van der Waals surface area contributed by atoms with Gasteiger partial charge in [0.1, 0.15) is 22.5 Å². The van der Waals surface area contributed by atoms with Crippen LogP contribution in [0.5, 0.6) is 11.5 Å². The van der Waals surface area contributed by atoms with Crippen LogP contribution in [0.4, 0.5) is 11.4 Å². The van der Waals surface area contributed by atoms with Gasteiger partial charge in [-0.15, -0.1) is 0 Å². The Labute approximate surface area is 207 Å². The summed E-state index contributed by atoms with van der Waals surface area (Å²) in [6.45, 7) is 9.96. The van der Waals surface area contributed by atoms with Gasteiger partial charge in [0.25, 0.3) is 0 Å². The second-order valence-corrected chi connectivity index (χ2v) is 12.8. The van der Waals surface area contributed by atoms with Crippen LogP contribution in [-0.4, -0.2) is 24.1 Å². The minimum atomic E-state index is 0.0825. The minimum Gasteiger partial charge on any atom is -0.497 e. The zero-order valence-electron chi connectivity index (χ0n) is 21.3. The van der Waals surface area contributed by atoms with Crippen LogP contribution in [0.3, 0.4) is 0 Å². The number of hydrogen-bond donors (Lipinski definition) is 1. The monoisotopic (exact) mass is 486 g/mol. The average molecular weight is 487 g/mol. The molecule has 7 rings (SSSR count). The van der Waals surface area contributed by atoms with E-state index in [1.54, 1.807) is 14.2 Å². The largest absolute Gasteiger partial charge is 0.497 e. The van der Waals surface area contributed by atoms with E-state index in [0.29, 0.717) is 6.54 Å². The van der Waals surface area contributed by atoms with Gasteiger partial charge in [-0.05, 0) is 71.0 Å². The highest BCUT2D eigenvalue weighted by Gasteiger charge is 2.72. The van der Waals surface area contributed by atoms with E-state index in [-0.39, 0.29) is 10.4 Å². The van der Waals surface area contributed by atoms with Gasteiger partial charge in [-0.3, -0.25) is 0 Å². The van der Waals surface area contributed by atoms with Crippen LogP contribution in [0.1, 0.15) is 36.2 Å². The number of ether oxygens (including phenoxy) is 2. The van der Waals surface area contributed by atoms with Crippen LogP contribution in [0.2, 0.25) is 0 Å². The number of methoxy groups -OCH3 is 2. The Morgan fingerprint density at radius 1 is 1.06 bits per heavy atom. The third kappa shape index (κ3) is 2.41. The van der Waals surface area contributed by atoms with Crippen LogP contribution in [0, 0.1) is 13.8 Å². The highest BCUT2D eigenvalue weighted by atomic mass is 31.1. The van der Waals surface area contributed by atoms with Crippen molar-refractivity contribution in [1.82, 2.24) is 4.57 Å². The van der Waals surface area contributed by atoms with E-state index >= 15 is 0 Å². The summed E-state index contributed by atoms with van der Waals surface area (Å²) in [4.78, 5) is 0. The Balaban J connectivity index is 1.56. The molecule has 3 aliphatic rings. The summed E-state index contributed by atoms with van der Waals surface area (Å²) in [5, 5.41) is 7.87. The molecular formula is C28H31N4O2P. The van der Waals surface area contributed by atoms with Gasteiger partial charge in [-0.2, -0.15) is 0 Å². The second kappa shape index (κ2) is 6.70. The SMILES string of the molecule is COc1ccc(OC)c(CN2[N-][NH+]3c4c2c2c(c(C)c(C)n2C)c2cccc(c42)C2(C)PC32C)c1. The molecule has 0 bridgehead atoms. The first-order valence-corrected chi connectivity index (χ1v) is 13.2. The Kier molecular flexibility index (Phi) is 4.11. The molecular weight excluding hydrogens is 455 g/mol. The molecule has 3 aromatic carbocycles. The molecule has 1 aromatic heterocycles. The molecule has 0 aliphatic carbocycles. The molecule has 180 valence electrons. The van der Waals surface area contributed by atoms with Gasteiger partial charge in [0.15, 0.2) is 5.69 Å². The number of rotatable bonds is 4. The molecule has 4 atom stereocenters. The molecule has 4 heterocycles. The minimum absolute atomic E-state index is 0.0825. The van der Waals surface area contributed by atoms with E-state index in [1.807, 2.05) is 12.1 Å². The Morgan fingerprint density at radius 2 is 1.86 bits per heavy atom. The van der Waals surface area contributed by atoms with Gasteiger partial charge in [0.2, 0.25) is 0 Å². The standard InChI is InChI=1S/C28H31N4O2P/c1-15-16(2)30(5)24-22(15)19-9-8-10-20-23(19)25-26(24)31(29-32(25)28(4)27(20,3)35-28)14-17-13-18(33-6)11-12-21(17)34-7/h8-13,32,35H,14H2,1-7H3. The van der Waals surface area contributed by atoms with E-state index in [0.717, 1.165) is 25.6 Å². The summed E-state index contributed by atoms with van der Waals surface area (Å²) in [6.07, 6.45) is 0. The third-order valence-electron chi connectivity index (χ3n) is 9.01. The lowest BCUT2D eigenvalue weighted by Crippen LogP contribution is -3.09. The molecule has 0 spiro atoms. The number of fused-ring (bicyclic) bond motifs is 6. The highest BCUT2D eigenvalue weighted by molar-refractivity contribution is 7.50. The zero-order valence-corrected chi connectivity index (χ0v) is 22.3. The van der Waals surface area contributed by atoms with Crippen LogP contribution in [0.25, 0.3) is 27.2 Å². The molecule has 3 aliphatic heterocycles. The quantitative estimate of drug-likeness (QED) is 0.396. The van der Waals surface area contributed by atoms with Crippen molar-refractivity contribution < 1.29 is 14.5 Å². The Bertz CT molecular complexity index is 1590. The first-order chi connectivity index (χ1) is 16.7. The van der Waals surface area contributed by atoms with Gasteiger partial charge in [0, 0.05) is 35.6 Å². The number of benzene rings is 3. The van der Waals surface area contributed by atoms with Crippen molar-refractivity contribution >= 4 is 41.6 Å². The number of aryl methyl sites for hydroxylation is 2. The number of aromatic nitrogens is 1. The van der Waals surface area contributed by atoms with E-state index in [1.165, 1.54) is 54.9 Å². The summed E-state index contributed by atoms with van der Waals surface area (Å²) in [5.41, 5.74) is 14.5. The molecule has 1 saturated heterocycles. The summed E-state index contributed by atoms with van der Waals surface area (Å²) < 4.78 is 13.7. The van der Waals surface area contributed by atoms with Crippen molar-refractivity contribution in [3.63, 3.8) is 0 Å². The molecule has 0 amide bonds. The highest BCUT2D eigenvalue weighted by Crippen LogP contribution is 2.76. The summed E-state index contributed by atoms with van der Waals surface area (Å²) in [5.74, 6) is 1.68. The summed E-state index contributed by atoms with van der Waals surface area (Å²) >= 11 is 0. The van der Waals surface area contributed by atoms with Crippen molar-refractivity contribution in [2.75, 3.05) is 19.2 Å². The van der Waals surface area contributed by atoms with Crippen molar-refractivity contribution in [3.05, 3.63) is 64.3 Å². The van der Waals surface area contributed by atoms with Gasteiger partial charge >= 0.3 is 0 Å². The maximum absolute atomic E-state index is 5.74. The Morgan fingerprint density at radius 3 is 2.60 bits per heavy atom. The summed E-state index contributed by atoms with van der Waals surface area (Å²) in [6, 6.07) is 12.9. The van der Waals surface area contributed by atoms with E-state index in [9.17, 15) is 0 Å². The van der Waals surface area contributed by atoms with Crippen molar-refractivity contribution in [2.24, 2.45) is 7.05 Å². The van der Waals surface area contributed by atoms with Crippen LogP contribution in [0.15, 0.2) is 36.4 Å². The van der Waals surface area contributed by atoms with Gasteiger partial charge in [-0.25, -0.2) is 0 Å². The lowest BCUT2D eigenvalue weighted by atomic mass is 9.83. The number of anilines is 1.